The molecule has 0 fully saturated rings. The topological polar surface area (TPSA) is 81.4 Å². The third-order valence-corrected chi connectivity index (χ3v) is 3.36. The van der Waals surface area contributed by atoms with E-state index in [1.54, 1.807) is 24.3 Å². The van der Waals surface area contributed by atoms with E-state index in [1.165, 1.54) is 6.92 Å². The van der Waals surface area contributed by atoms with Crippen molar-refractivity contribution < 1.29 is 14.7 Å². The number of halogens is 1. The van der Waals surface area contributed by atoms with Crippen molar-refractivity contribution in [1.29, 1.82) is 5.26 Å². The molecule has 6 heteroatoms. The molecule has 0 aliphatic carbocycles. The van der Waals surface area contributed by atoms with E-state index in [0.717, 1.165) is 4.90 Å². The Labute approximate surface area is 120 Å². The second-order valence-electron chi connectivity index (χ2n) is 4.36. The molecule has 0 unspecified atom stereocenters. The quantitative estimate of drug-likeness (QED) is 0.865. The molecule has 1 atom stereocenters. The lowest BCUT2D eigenvalue weighted by Gasteiger charge is -2.24. The molecule has 0 bridgehead atoms. The van der Waals surface area contributed by atoms with Gasteiger partial charge in [0.15, 0.2) is 11.5 Å². The predicted octanol–water partition coefficient (Wildman–Crippen LogP) is 2.15. The second kappa shape index (κ2) is 5.35. The summed E-state index contributed by atoms with van der Waals surface area (Å²) in [5.74, 6) is -1.71. The summed E-state index contributed by atoms with van der Waals surface area (Å²) in [6.07, 6.45) is 0. The first kappa shape index (κ1) is 14.1. The first-order valence-corrected chi connectivity index (χ1v) is 6.22. The summed E-state index contributed by atoms with van der Waals surface area (Å²) < 4.78 is 0. The van der Waals surface area contributed by atoms with Crippen LogP contribution in [-0.4, -0.2) is 28.2 Å². The molecular weight excluding hydrogens is 280 g/mol. The molecule has 1 aliphatic rings. The maximum absolute atomic E-state index is 11.9. The Morgan fingerprint density at radius 3 is 2.55 bits per heavy atom. The van der Waals surface area contributed by atoms with Crippen LogP contribution in [0.3, 0.4) is 0 Å². The van der Waals surface area contributed by atoms with E-state index >= 15 is 0 Å². The number of nitrogens with zero attached hydrogens (tertiary/aromatic N) is 2. The van der Waals surface area contributed by atoms with E-state index in [-0.39, 0.29) is 12.1 Å². The molecule has 1 aromatic rings. The minimum absolute atomic E-state index is 0.00701. The zero-order valence-corrected chi connectivity index (χ0v) is 11.4. The summed E-state index contributed by atoms with van der Waals surface area (Å²) in [7, 11) is 0. The second-order valence-corrected chi connectivity index (χ2v) is 4.80. The van der Waals surface area contributed by atoms with Crippen LogP contribution in [0.2, 0.25) is 5.02 Å². The molecule has 2 rings (SSSR count). The van der Waals surface area contributed by atoms with E-state index < -0.39 is 23.5 Å². The van der Waals surface area contributed by atoms with Crippen molar-refractivity contribution >= 4 is 23.3 Å². The average molecular weight is 291 g/mol. The molecule has 0 spiro atoms. The van der Waals surface area contributed by atoms with Gasteiger partial charge in [-0.2, -0.15) is 5.26 Å². The molecule has 1 aliphatic heterocycles. The minimum atomic E-state index is -0.753. The van der Waals surface area contributed by atoms with Crippen LogP contribution in [-0.2, 0) is 9.59 Å². The fraction of sp³-hybridized carbons (Fsp3) is 0.214. The highest BCUT2D eigenvalue weighted by Gasteiger charge is 2.42. The molecule has 1 heterocycles. The molecule has 102 valence electrons. The first-order chi connectivity index (χ1) is 9.47. The van der Waals surface area contributed by atoms with Crippen molar-refractivity contribution in [2.75, 3.05) is 6.54 Å². The Bertz CT molecular complexity index is 643. The number of rotatable bonds is 3. The summed E-state index contributed by atoms with van der Waals surface area (Å²) in [5.41, 5.74) is 0.625. The largest absolute Gasteiger partial charge is 0.503 e. The molecule has 0 saturated carbocycles. The molecule has 20 heavy (non-hydrogen) atoms. The average Bonchev–Trinajstić information content (AvgIpc) is 2.65. The fourth-order valence-corrected chi connectivity index (χ4v) is 2.37. The maximum atomic E-state index is 11.9. The number of benzene rings is 1. The molecule has 5 nitrogen and oxygen atoms in total. The lowest BCUT2D eigenvalue weighted by Crippen LogP contribution is -2.31. The van der Waals surface area contributed by atoms with Crippen LogP contribution in [0.15, 0.2) is 35.6 Å². The van der Waals surface area contributed by atoms with Gasteiger partial charge in [0.05, 0.1) is 17.7 Å². The number of nitriles is 1. The van der Waals surface area contributed by atoms with Gasteiger partial charge < -0.3 is 10.0 Å². The number of carbonyl (C=O) groups is 2. The highest BCUT2D eigenvalue weighted by atomic mass is 35.5. The molecule has 1 amide bonds. The Morgan fingerprint density at radius 1 is 1.45 bits per heavy atom. The zero-order chi connectivity index (χ0) is 14.9. The molecule has 1 N–H and O–H groups in total. The van der Waals surface area contributed by atoms with E-state index in [4.69, 9.17) is 16.9 Å². The van der Waals surface area contributed by atoms with Crippen molar-refractivity contribution in [2.45, 2.75) is 13.0 Å². The van der Waals surface area contributed by atoms with Gasteiger partial charge in [-0.05, 0) is 24.6 Å². The van der Waals surface area contributed by atoms with E-state index in [2.05, 4.69) is 0 Å². The zero-order valence-electron chi connectivity index (χ0n) is 10.6. The highest BCUT2D eigenvalue weighted by molar-refractivity contribution is 6.30. The van der Waals surface area contributed by atoms with Crippen LogP contribution in [0.1, 0.15) is 18.5 Å². The lowest BCUT2D eigenvalue weighted by molar-refractivity contribution is -0.128. The van der Waals surface area contributed by atoms with E-state index in [1.807, 2.05) is 6.07 Å². The van der Waals surface area contributed by atoms with Crippen molar-refractivity contribution in [3.8, 4) is 6.07 Å². The number of Topliss-reactive ketones (excluding diaryl/α,β-unsaturated/α-hetero) is 1. The van der Waals surface area contributed by atoms with Gasteiger partial charge in [0.2, 0.25) is 0 Å². The van der Waals surface area contributed by atoms with Gasteiger partial charge in [-0.1, -0.05) is 23.7 Å². The Morgan fingerprint density at radius 2 is 2.05 bits per heavy atom. The summed E-state index contributed by atoms with van der Waals surface area (Å²) in [6.45, 7) is 1.06. The Kier molecular flexibility index (Phi) is 3.77. The molecule has 0 saturated heterocycles. The van der Waals surface area contributed by atoms with Crippen LogP contribution < -0.4 is 0 Å². The highest BCUT2D eigenvalue weighted by Crippen LogP contribution is 2.37. The fourth-order valence-electron chi connectivity index (χ4n) is 2.24. The molecule has 0 radical (unpaired) electrons. The van der Waals surface area contributed by atoms with Gasteiger partial charge in [0.1, 0.15) is 6.54 Å². The Balaban J connectivity index is 2.54. The number of hydrogen-bond acceptors (Lipinski definition) is 4. The molecule has 0 aromatic heterocycles. The van der Waals surface area contributed by atoms with Crippen LogP contribution in [0.5, 0.6) is 0 Å². The number of aliphatic hydroxyl groups excluding tert-OH is 1. The number of amides is 1. The third kappa shape index (κ3) is 2.26. The lowest BCUT2D eigenvalue weighted by atomic mass is 9.97. The normalized spacial score (nSPS) is 18.4. The van der Waals surface area contributed by atoms with Gasteiger partial charge in [-0.25, -0.2) is 0 Å². The maximum Gasteiger partial charge on any atom is 0.290 e. The molecular formula is C14H11ClN2O3. The van der Waals surface area contributed by atoms with Gasteiger partial charge in [-0.15, -0.1) is 0 Å². The number of ketones is 1. The predicted molar refractivity (Wildman–Crippen MR) is 71.9 cm³/mol. The van der Waals surface area contributed by atoms with Crippen molar-refractivity contribution in [3.05, 3.63) is 46.2 Å². The standard InChI is InChI=1S/C14H11ClN2O3/c1-8(18)11-12(9-2-4-10(15)5-3-9)17(7-6-16)14(20)13(11)19/h2-5,12,19H,7H2,1H3/t12-/m1/s1. The SMILES string of the molecule is CC(=O)C1=C(O)C(=O)N(CC#N)[C@@H]1c1ccc(Cl)cc1. The van der Waals surface area contributed by atoms with Crippen molar-refractivity contribution in [1.82, 2.24) is 4.90 Å². The van der Waals surface area contributed by atoms with E-state index in [0.29, 0.717) is 10.6 Å². The number of carbonyl (C=O) groups excluding carboxylic acids is 2. The number of hydrogen-bond donors (Lipinski definition) is 1. The smallest absolute Gasteiger partial charge is 0.290 e. The van der Waals surface area contributed by atoms with Crippen LogP contribution in [0, 0.1) is 11.3 Å². The van der Waals surface area contributed by atoms with Crippen molar-refractivity contribution in [3.63, 3.8) is 0 Å². The van der Waals surface area contributed by atoms with Crippen LogP contribution in [0.4, 0.5) is 0 Å². The van der Waals surface area contributed by atoms with Gasteiger partial charge >= 0.3 is 0 Å². The third-order valence-electron chi connectivity index (χ3n) is 3.11. The van der Waals surface area contributed by atoms with Crippen LogP contribution in [0.25, 0.3) is 0 Å². The summed E-state index contributed by atoms with van der Waals surface area (Å²) in [4.78, 5) is 24.8. The van der Waals surface area contributed by atoms with Gasteiger partial charge in [-0.3, -0.25) is 9.59 Å². The number of aliphatic hydroxyl groups is 1. The summed E-state index contributed by atoms with van der Waals surface area (Å²) >= 11 is 5.81. The van der Waals surface area contributed by atoms with Crippen molar-refractivity contribution in [2.24, 2.45) is 0 Å². The Hall–Kier alpha value is -2.32. The molecule has 1 aromatic carbocycles. The summed E-state index contributed by atoms with van der Waals surface area (Å²) in [6, 6.07) is 7.67. The summed E-state index contributed by atoms with van der Waals surface area (Å²) in [5, 5.41) is 19.2. The van der Waals surface area contributed by atoms with Gasteiger partial charge in [0.25, 0.3) is 5.91 Å². The minimum Gasteiger partial charge on any atom is -0.503 e. The van der Waals surface area contributed by atoms with E-state index in [9.17, 15) is 14.7 Å². The monoisotopic (exact) mass is 290 g/mol. The first-order valence-electron chi connectivity index (χ1n) is 5.84. The van der Waals surface area contributed by atoms with Gasteiger partial charge in [0, 0.05) is 5.02 Å². The van der Waals surface area contributed by atoms with Crippen LogP contribution >= 0.6 is 11.6 Å².